The van der Waals surface area contributed by atoms with E-state index in [1.807, 2.05) is 0 Å². The maximum atomic E-state index is 9.64. The number of hydrogen-bond acceptors (Lipinski definition) is 5. The monoisotopic (exact) mass is 180 g/mol. The first-order valence-corrected chi connectivity index (χ1v) is 3.32. The summed E-state index contributed by atoms with van der Waals surface area (Å²) in [6.07, 6.45) is -1.11. The van der Waals surface area contributed by atoms with Crippen LogP contribution in [0.3, 0.4) is 0 Å². The third-order valence-corrected chi connectivity index (χ3v) is 0.943. The van der Waals surface area contributed by atoms with Crippen LogP contribution < -0.4 is 0 Å². The molecule has 0 spiro atoms. The summed E-state index contributed by atoms with van der Waals surface area (Å²) in [5.41, 5.74) is 0. The van der Waals surface area contributed by atoms with E-state index >= 15 is 0 Å². The van der Waals surface area contributed by atoms with Gasteiger partial charge < -0.3 is 10.2 Å². The van der Waals surface area contributed by atoms with E-state index in [-0.39, 0.29) is 36.2 Å². The van der Waals surface area contributed by atoms with Gasteiger partial charge in [0.15, 0.2) is 0 Å². The molecule has 0 heterocycles. The van der Waals surface area contributed by atoms with Crippen molar-refractivity contribution in [1.29, 1.82) is 0 Å². The number of aliphatic hydroxyl groups is 2. The van der Waals surface area contributed by atoms with Crippen LogP contribution in [-0.2, 0) is 15.2 Å². The van der Waals surface area contributed by atoms with Crippen LogP contribution in [0.5, 0.6) is 0 Å². The molecule has 0 aromatic carbocycles. The van der Waals surface area contributed by atoms with Gasteiger partial charge in [-0.2, -0.15) is 0 Å². The zero-order chi connectivity index (χ0) is 7.28. The molecule has 0 rings (SSSR count). The summed E-state index contributed by atoms with van der Waals surface area (Å²) in [6, 6.07) is 0. The van der Waals surface area contributed by atoms with Gasteiger partial charge >= 0.3 is 29.6 Å². The first-order chi connectivity index (χ1) is 4.16. The maximum absolute atomic E-state index is 9.64. The first kappa shape index (κ1) is 13.4. The summed E-state index contributed by atoms with van der Waals surface area (Å²) in [6.45, 7) is -0.877. The number of rotatable bonds is 4. The van der Waals surface area contributed by atoms with Gasteiger partial charge in [-0.3, -0.25) is 4.18 Å². The Morgan fingerprint density at radius 2 is 2.00 bits per heavy atom. The number of thiol groups is 1. The molecule has 58 valence electrons. The fourth-order valence-electron chi connectivity index (χ4n) is 0.200. The normalized spacial score (nSPS) is 12.7. The summed E-state index contributed by atoms with van der Waals surface area (Å²) < 4.78 is 23.2. The molecule has 0 aromatic heterocycles. The van der Waals surface area contributed by atoms with Crippen molar-refractivity contribution in [3.05, 3.63) is 0 Å². The van der Waals surface area contributed by atoms with Gasteiger partial charge in [0.2, 0.25) is 0 Å². The average Bonchev–Trinajstić information content (AvgIpc) is 1.83. The topological polar surface area (TPSA) is 83.8 Å². The SMILES string of the molecule is O=[SH](=O)OCC(O)CO.[NaH]. The van der Waals surface area contributed by atoms with Crippen LogP contribution in [0.15, 0.2) is 0 Å². The van der Waals surface area contributed by atoms with Crippen LogP contribution >= 0.6 is 0 Å². The van der Waals surface area contributed by atoms with Crippen molar-refractivity contribution in [2.45, 2.75) is 6.10 Å². The predicted molar refractivity (Wildman–Crippen MR) is 36.5 cm³/mol. The third-order valence-electron chi connectivity index (χ3n) is 0.583. The second-order valence-corrected chi connectivity index (χ2v) is 2.06. The summed E-state index contributed by atoms with van der Waals surface area (Å²) in [5.74, 6) is 0. The molecule has 0 amide bonds. The quantitative estimate of drug-likeness (QED) is 0.322. The first-order valence-electron chi connectivity index (χ1n) is 2.23. The molecular weight excluding hydrogens is 171 g/mol. The van der Waals surface area contributed by atoms with Gasteiger partial charge in [-0.1, -0.05) is 0 Å². The molecule has 10 heavy (non-hydrogen) atoms. The van der Waals surface area contributed by atoms with Gasteiger partial charge in [0.05, 0.1) is 13.2 Å². The molecule has 0 aliphatic heterocycles. The Labute approximate surface area is 82.5 Å². The molecule has 1 unspecified atom stereocenters. The minimum absolute atomic E-state index is 0. The molecule has 0 aliphatic carbocycles. The average molecular weight is 180 g/mol. The summed E-state index contributed by atoms with van der Waals surface area (Å²) in [5, 5.41) is 16.6. The Morgan fingerprint density at radius 1 is 1.50 bits per heavy atom. The molecule has 0 radical (unpaired) electrons. The van der Waals surface area contributed by atoms with Gasteiger partial charge in [-0.05, 0) is 0 Å². The Hall–Kier alpha value is 0.830. The zero-order valence-corrected chi connectivity index (χ0v) is 5.45. The van der Waals surface area contributed by atoms with Crippen molar-refractivity contribution < 1.29 is 22.8 Å². The second-order valence-electron chi connectivity index (χ2n) is 1.36. The van der Waals surface area contributed by atoms with Crippen LogP contribution in [0.2, 0.25) is 0 Å². The van der Waals surface area contributed by atoms with Crippen molar-refractivity contribution in [2.75, 3.05) is 13.2 Å². The molecule has 5 nitrogen and oxygen atoms in total. The predicted octanol–water partition coefficient (Wildman–Crippen LogP) is -2.77. The zero-order valence-electron chi connectivity index (χ0n) is 4.56. The molecule has 0 saturated carbocycles. The fraction of sp³-hybridized carbons (Fsp3) is 1.00. The number of aliphatic hydroxyl groups excluding tert-OH is 2. The van der Waals surface area contributed by atoms with Crippen molar-refractivity contribution in [2.24, 2.45) is 0 Å². The standard InChI is InChI=1S/C3H8O5S.Na.H/c4-1-3(5)2-8-9(6)7;;/h3-5,9H,1-2H2;;. The summed E-state index contributed by atoms with van der Waals surface area (Å²) in [7, 11) is -2.91. The van der Waals surface area contributed by atoms with Crippen LogP contribution in [0.1, 0.15) is 0 Å². The van der Waals surface area contributed by atoms with Crippen LogP contribution in [-0.4, -0.2) is 67.5 Å². The van der Waals surface area contributed by atoms with E-state index in [0.29, 0.717) is 0 Å². The molecular formula is C3H9NaO5S. The van der Waals surface area contributed by atoms with E-state index < -0.39 is 23.7 Å². The van der Waals surface area contributed by atoms with Gasteiger partial charge in [0, 0.05) is 0 Å². The van der Waals surface area contributed by atoms with E-state index in [1.165, 1.54) is 0 Å². The van der Waals surface area contributed by atoms with Crippen molar-refractivity contribution in [3.8, 4) is 0 Å². The fourth-order valence-corrected chi connectivity index (χ4v) is 0.493. The molecule has 2 N–H and O–H groups in total. The van der Waals surface area contributed by atoms with E-state index in [0.717, 1.165) is 0 Å². The van der Waals surface area contributed by atoms with E-state index in [1.54, 1.807) is 0 Å². The van der Waals surface area contributed by atoms with E-state index in [2.05, 4.69) is 4.18 Å². The molecule has 0 bridgehead atoms. The van der Waals surface area contributed by atoms with Gasteiger partial charge in [-0.25, -0.2) is 8.42 Å². The van der Waals surface area contributed by atoms with Gasteiger partial charge in [0.1, 0.15) is 6.10 Å². The van der Waals surface area contributed by atoms with Crippen molar-refractivity contribution in [3.63, 3.8) is 0 Å². The van der Waals surface area contributed by atoms with Crippen molar-refractivity contribution >= 4 is 40.5 Å². The van der Waals surface area contributed by atoms with Crippen LogP contribution in [0.25, 0.3) is 0 Å². The van der Waals surface area contributed by atoms with Crippen LogP contribution in [0, 0.1) is 0 Å². The number of hydrogen-bond donors (Lipinski definition) is 3. The molecule has 0 saturated heterocycles. The molecule has 0 fully saturated rings. The molecule has 0 aromatic rings. The van der Waals surface area contributed by atoms with Crippen molar-refractivity contribution in [1.82, 2.24) is 0 Å². The Bertz CT molecular complexity index is 127. The van der Waals surface area contributed by atoms with Crippen LogP contribution in [0.4, 0.5) is 0 Å². The van der Waals surface area contributed by atoms with Gasteiger partial charge in [0.25, 0.3) is 11.0 Å². The Balaban J connectivity index is 0. The minimum atomic E-state index is -2.91. The Kier molecular flexibility index (Phi) is 10.6. The Morgan fingerprint density at radius 3 is 2.30 bits per heavy atom. The summed E-state index contributed by atoms with van der Waals surface area (Å²) >= 11 is 0. The van der Waals surface area contributed by atoms with E-state index in [9.17, 15) is 8.42 Å². The summed E-state index contributed by atoms with van der Waals surface area (Å²) in [4.78, 5) is 0. The third kappa shape index (κ3) is 8.83. The molecule has 7 heteroatoms. The molecule has 1 atom stereocenters. The second kappa shape index (κ2) is 7.93. The van der Waals surface area contributed by atoms with Gasteiger partial charge in [-0.15, -0.1) is 0 Å². The molecule has 0 aliphatic rings. The van der Waals surface area contributed by atoms with E-state index in [4.69, 9.17) is 10.2 Å².